The van der Waals surface area contributed by atoms with E-state index >= 15 is 0 Å². The molecule has 7 heteroatoms. The van der Waals surface area contributed by atoms with Gasteiger partial charge in [0.05, 0.1) is 16.3 Å². The van der Waals surface area contributed by atoms with Crippen LogP contribution in [0.4, 0.5) is 5.69 Å². The number of carboxylic acid groups (broad SMARTS) is 1. The van der Waals surface area contributed by atoms with Crippen molar-refractivity contribution in [2.24, 2.45) is 0 Å². The standard InChI is InChI=1S/C12H15ClN2O3S/c1-2-3-15-10(16)6-19-11-8(12(17)18)4-7(14)5-9(11)13/h4-5H,2-3,6,14H2,1H3,(H,15,16)(H,17,18). The van der Waals surface area contributed by atoms with Gasteiger partial charge in [0.2, 0.25) is 5.91 Å². The first-order valence-electron chi connectivity index (χ1n) is 5.67. The maximum absolute atomic E-state index is 11.5. The number of carbonyl (C=O) groups is 2. The maximum atomic E-state index is 11.5. The predicted molar refractivity (Wildman–Crippen MR) is 76.8 cm³/mol. The summed E-state index contributed by atoms with van der Waals surface area (Å²) in [6.07, 6.45) is 0.847. The summed E-state index contributed by atoms with van der Waals surface area (Å²) >= 11 is 7.06. The summed E-state index contributed by atoms with van der Waals surface area (Å²) in [4.78, 5) is 23.0. The highest BCUT2D eigenvalue weighted by Gasteiger charge is 2.16. The van der Waals surface area contributed by atoms with E-state index in [-0.39, 0.29) is 27.9 Å². The van der Waals surface area contributed by atoms with Crippen LogP contribution in [-0.4, -0.2) is 29.3 Å². The fraction of sp³-hybridized carbons (Fsp3) is 0.333. The van der Waals surface area contributed by atoms with Crippen molar-refractivity contribution in [1.82, 2.24) is 5.32 Å². The molecule has 0 fully saturated rings. The second-order valence-corrected chi connectivity index (χ2v) is 5.22. The lowest BCUT2D eigenvalue weighted by molar-refractivity contribution is -0.118. The average molecular weight is 303 g/mol. The van der Waals surface area contributed by atoms with Gasteiger partial charge in [-0.15, -0.1) is 11.8 Å². The molecule has 0 heterocycles. The van der Waals surface area contributed by atoms with Crippen LogP contribution in [0.3, 0.4) is 0 Å². The molecule has 4 N–H and O–H groups in total. The molecule has 1 amide bonds. The minimum Gasteiger partial charge on any atom is -0.478 e. The van der Waals surface area contributed by atoms with Crippen LogP contribution in [-0.2, 0) is 4.79 Å². The third-order valence-electron chi connectivity index (χ3n) is 2.22. The molecule has 0 radical (unpaired) electrons. The Hall–Kier alpha value is -1.40. The SMILES string of the molecule is CCCNC(=O)CSc1c(Cl)cc(N)cc1C(=O)O. The molecule has 0 saturated heterocycles. The number of nitrogens with one attached hydrogen (secondary N) is 1. The molecule has 1 rings (SSSR count). The van der Waals surface area contributed by atoms with E-state index in [1.807, 2.05) is 6.92 Å². The van der Waals surface area contributed by atoms with Gasteiger partial charge in [-0.3, -0.25) is 4.79 Å². The molecule has 0 aromatic heterocycles. The third kappa shape index (κ3) is 4.65. The van der Waals surface area contributed by atoms with Crippen LogP contribution in [0.5, 0.6) is 0 Å². The minimum absolute atomic E-state index is 0.0123. The lowest BCUT2D eigenvalue weighted by Crippen LogP contribution is -2.25. The number of hydrogen-bond donors (Lipinski definition) is 3. The monoisotopic (exact) mass is 302 g/mol. The van der Waals surface area contributed by atoms with Crippen LogP contribution in [0, 0.1) is 0 Å². The fourth-order valence-electron chi connectivity index (χ4n) is 1.37. The molecule has 0 unspecified atom stereocenters. The molecular weight excluding hydrogens is 288 g/mol. The molecular formula is C12H15ClN2O3S. The summed E-state index contributed by atoms with van der Waals surface area (Å²) in [5.74, 6) is -1.16. The van der Waals surface area contributed by atoms with E-state index < -0.39 is 5.97 Å². The topological polar surface area (TPSA) is 92.4 Å². The zero-order chi connectivity index (χ0) is 14.4. The van der Waals surface area contributed by atoms with Crippen LogP contribution in [0.15, 0.2) is 17.0 Å². The smallest absolute Gasteiger partial charge is 0.336 e. The second kappa shape index (κ2) is 7.25. The lowest BCUT2D eigenvalue weighted by atomic mass is 10.2. The van der Waals surface area contributed by atoms with Crippen molar-refractivity contribution in [1.29, 1.82) is 0 Å². The zero-order valence-corrected chi connectivity index (χ0v) is 12.0. The second-order valence-electron chi connectivity index (χ2n) is 3.82. The fourth-order valence-corrected chi connectivity index (χ4v) is 2.64. The summed E-state index contributed by atoms with van der Waals surface area (Å²) in [5, 5.41) is 12.0. The summed E-state index contributed by atoms with van der Waals surface area (Å²) in [6.45, 7) is 2.55. The number of carbonyl (C=O) groups excluding carboxylic acids is 1. The first-order valence-corrected chi connectivity index (χ1v) is 7.03. The van der Waals surface area contributed by atoms with Gasteiger partial charge >= 0.3 is 5.97 Å². The Labute approximate surface area is 120 Å². The van der Waals surface area contributed by atoms with Crippen molar-refractivity contribution >= 4 is 40.9 Å². The van der Waals surface area contributed by atoms with Gasteiger partial charge in [-0.1, -0.05) is 18.5 Å². The molecule has 0 aliphatic rings. The number of anilines is 1. The van der Waals surface area contributed by atoms with E-state index in [1.54, 1.807) is 0 Å². The van der Waals surface area contributed by atoms with Gasteiger partial charge in [0.25, 0.3) is 0 Å². The van der Waals surface area contributed by atoms with E-state index in [2.05, 4.69) is 5.32 Å². The highest BCUT2D eigenvalue weighted by Crippen LogP contribution is 2.32. The number of nitrogen functional groups attached to an aromatic ring is 1. The number of benzene rings is 1. The van der Waals surface area contributed by atoms with E-state index in [4.69, 9.17) is 22.4 Å². The Morgan fingerprint density at radius 3 is 2.74 bits per heavy atom. The summed E-state index contributed by atoms with van der Waals surface area (Å²) in [5.41, 5.74) is 5.84. The van der Waals surface area contributed by atoms with E-state index in [9.17, 15) is 9.59 Å². The molecule has 0 saturated carbocycles. The van der Waals surface area contributed by atoms with E-state index in [0.717, 1.165) is 18.2 Å². The Morgan fingerprint density at radius 2 is 2.16 bits per heavy atom. The number of halogens is 1. The average Bonchev–Trinajstić information content (AvgIpc) is 2.34. The first-order chi connectivity index (χ1) is 8.95. The highest BCUT2D eigenvalue weighted by molar-refractivity contribution is 8.00. The van der Waals surface area contributed by atoms with Crippen molar-refractivity contribution in [2.75, 3.05) is 18.0 Å². The van der Waals surface area contributed by atoms with Gasteiger partial charge < -0.3 is 16.2 Å². The highest BCUT2D eigenvalue weighted by atomic mass is 35.5. The van der Waals surface area contributed by atoms with Gasteiger partial charge in [-0.2, -0.15) is 0 Å². The largest absolute Gasteiger partial charge is 0.478 e. The Balaban J connectivity index is 2.83. The normalized spacial score (nSPS) is 10.2. The number of hydrogen-bond acceptors (Lipinski definition) is 4. The van der Waals surface area contributed by atoms with Gasteiger partial charge in [-0.05, 0) is 18.6 Å². The first kappa shape index (κ1) is 15.7. The third-order valence-corrected chi connectivity index (χ3v) is 3.76. The summed E-state index contributed by atoms with van der Waals surface area (Å²) in [7, 11) is 0. The predicted octanol–water partition coefficient (Wildman–Crippen LogP) is 2.24. The lowest BCUT2D eigenvalue weighted by Gasteiger charge is -2.09. The zero-order valence-electron chi connectivity index (χ0n) is 10.4. The minimum atomic E-state index is -1.12. The molecule has 1 aromatic rings. The van der Waals surface area contributed by atoms with Crippen molar-refractivity contribution in [2.45, 2.75) is 18.2 Å². The van der Waals surface area contributed by atoms with Gasteiger partial charge in [0.1, 0.15) is 0 Å². The molecule has 5 nitrogen and oxygen atoms in total. The van der Waals surface area contributed by atoms with Crippen molar-refractivity contribution in [3.8, 4) is 0 Å². The van der Waals surface area contributed by atoms with Crippen LogP contribution < -0.4 is 11.1 Å². The molecule has 0 spiro atoms. The van der Waals surface area contributed by atoms with Gasteiger partial charge in [0.15, 0.2) is 0 Å². The number of nitrogens with two attached hydrogens (primary N) is 1. The van der Waals surface area contributed by atoms with Gasteiger partial charge in [0, 0.05) is 17.1 Å². The molecule has 19 heavy (non-hydrogen) atoms. The molecule has 0 aliphatic carbocycles. The van der Waals surface area contributed by atoms with Crippen molar-refractivity contribution in [3.05, 3.63) is 22.7 Å². The van der Waals surface area contributed by atoms with Crippen LogP contribution in [0.2, 0.25) is 5.02 Å². The van der Waals surface area contributed by atoms with Crippen molar-refractivity contribution in [3.63, 3.8) is 0 Å². The Kier molecular flexibility index (Phi) is 5.98. The quantitative estimate of drug-likeness (QED) is 0.553. The van der Waals surface area contributed by atoms with Gasteiger partial charge in [-0.25, -0.2) is 4.79 Å². The molecule has 1 aromatic carbocycles. The number of carboxylic acids is 1. The van der Waals surface area contributed by atoms with E-state index in [0.29, 0.717) is 11.4 Å². The number of amides is 1. The summed E-state index contributed by atoms with van der Waals surface area (Å²) in [6, 6.07) is 2.81. The number of rotatable bonds is 6. The summed E-state index contributed by atoms with van der Waals surface area (Å²) < 4.78 is 0. The Bertz CT molecular complexity index is 494. The van der Waals surface area contributed by atoms with Crippen LogP contribution in [0.25, 0.3) is 0 Å². The maximum Gasteiger partial charge on any atom is 0.336 e. The van der Waals surface area contributed by atoms with Crippen LogP contribution >= 0.6 is 23.4 Å². The number of thioether (sulfide) groups is 1. The van der Waals surface area contributed by atoms with Crippen molar-refractivity contribution < 1.29 is 14.7 Å². The molecule has 0 bridgehead atoms. The van der Waals surface area contributed by atoms with Crippen LogP contribution in [0.1, 0.15) is 23.7 Å². The molecule has 0 atom stereocenters. The van der Waals surface area contributed by atoms with E-state index in [1.165, 1.54) is 12.1 Å². The number of aromatic carboxylic acids is 1. The molecule has 0 aliphatic heterocycles. The Morgan fingerprint density at radius 1 is 1.47 bits per heavy atom. The molecule has 104 valence electrons.